The predicted octanol–water partition coefficient (Wildman–Crippen LogP) is 0.908. The second kappa shape index (κ2) is 4.40. The molecule has 1 aromatic carbocycles. The molecule has 3 rings (SSSR count). The lowest BCUT2D eigenvalue weighted by Crippen LogP contribution is -2.13. The maximum atomic E-state index is 12.1. The Bertz CT molecular complexity index is 909. The number of aryl methyl sites for hydroxylation is 1. The van der Waals surface area contributed by atoms with Crippen LogP contribution in [0.5, 0.6) is 0 Å². The number of non-ortho nitro benzene ring substituents is 1. The molecule has 0 aliphatic heterocycles. The molecule has 0 saturated carbocycles. The fraction of sp³-hybridized carbons (Fsp3) is 0.0833. The first kappa shape index (κ1) is 12.8. The molecule has 0 saturated heterocycles. The maximum absolute atomic E-state index is 12.1. The van der Waals surface area contributed by atoms with Gasteiger partial charge in [-0.15, -0.1) is 0 Å². The normalized spacial score (nSPS) is 10.9. The molecule has 0 amide bonds. The number of anilines is 1. The first-order valence-electron chi connectivity index (χ1n) is 5.97. The number of aromatic amines is 1. The summed E-state index contributed by atoms with van der Waals surface area (Å²) < 4.78 is 1.41. The highest BCUT2D eigenvalue weighted by atomic mass is 16.6. The van der Waals surface area contributed by atoms with Gasteiger partial charge in [0.25, 0.3) is 11.2 Å². The zero-order chi connectivity index (χ0) is 15.1. The van der Waals surface area contributed by atoms with Crippen LogP contribution in [0.25, 0.3) is 16.9 Å². The van der Waals surface area contributed by atoms with Crippen molar-refractivity contribution in [3.05, 3.63) is 50.6 Å². The summed E-state index contributed by atoms with van der Waals surface area (Å²) >= 11 is 0. The average molecular weight is 286 g/mol. The molecule has 0 fully saturated rings. The smallest absolute Gasteiger partial charge is 0.277 e. The van der Waals surface area contributed by atoms with Gasteiger partial charge in [0.15, 0.2) is 11.2 Å². The van der Waals surface area contributed by atoms with Gasteiger partial charge >= 0.3 is 0 Å². The number of nitrogens with two attached hydrogens (primary N) is 1. The summed E-state index contributed by atoms with van der Waals surface area (Å²) in [6.07, 6.45) is 0. The van der Waals surface area contributed by atoms with Crippen LogP contribution in [0, 0.1) is 17.0 Å². The summed E-state index contributed by atoms with van der Waals surface area (Å²) in [6.45, 7) is 1.64. The van der Waals surface area contributed by atoms with Crippen LogP contribution in [0.1, 0.15) is 5.82 Å². The average Bonchev–Trinajstić information content (AvgIpc) is 2.75. The number of nitrogen functional groups attached to an aromatic ring is 1. The number of nitrogens with one attached hydrogen (secondary N) is 1. The molecule has 9 nitrogen and oxygen atoms in total. The molecule has 3 aromatic rings. The lowest BCUT2D eigenvalue weighted by Gasteiger charge is -2.05. The Labute approximate surface area is 117 Å². The minimum Gasteiger partial charge on any atom is -0.369 e. The molecule has 0 aliphatic carbocycles. The van der Waals surface area contributed by atoms with Gasteiger partial charge in [0.05, 0.1) is 4.92 Å². The van der Waals surface area contributed by atoms with E-state index in [0.717, 1.165) is 0 Å². The van der Waals surface area contributed by atoms with Crippen LogP contribution in [0.15, 0.2) is 29.1 Å². The number of nitro benzene ring substituents is 1. The molecule has 2 aromatic heterocycles. The summed E-state index contributed by atoms with van der Waals surface area (Å²) in [5.74, 6) is 0.517. The Morgan fingerprint density at radius 2 is 1.95 bits per heavy atom. The van der Waals surface area contributed by atoms with Crippen LogP contribution in [-0.2, 0) is 0 Å². The lowest BCUT2D eigenvalue weighted by atomic mass is 10.3. The first-order valence-corrected chi connectivity index (χ1v) is 5.97. The summed E-state index contributed by atoms with van der Waals surface area (Å²) in [5, 5.41) is 10.7. The van der Waals surface area contributed by atoms with E-state index in [-0.39, 0.29) is 28.4 Å². The number of imidazole rings is 1. The highest BCUT2D eigenvalue weighted by Gasteiger charge is 2.16. The van der Waals surface area contributed by atoms with Crippen molar-refractivity contribution in [1.29, 1.82) is 0 Å². The minimum atomic E-state index is -0.503. The molecular weight excluding hydrogens is 276 g/mol. The third-order valence-corrected chi connectivity index (χ3v) is 2.99. The van der Waals surface area contributed by atoms with E-state index < -0.39 is 4.92 Å². The van der Waals surface area contributed by atoms with Crippen molar-refractivity contribution in [1.82, 2.24) is 19.5 Å². The molecular formula is C12H10N6O3. The molecule has 2 heterocycles. The fourth-order valence-electron chi connectivity index (χ4n) is 2.10. The highest BCUT2D eigenvalue weighted by Crippen LogP contribution is 2.21. The maximum Gasteiger partial charge on any atom is 0.277 e. The van der Waals surface area contributed by atoms with Gasteiger partial charge in [-0.2, -0.15) is 4.98 Å². The zero-order valence-corrected chi connectivity index (χ0v) is 10.9. The van der Waals surface area contributed by atoms with Crippen molar-refractivity contribution >= 4 is 22.8 Å². The Kier molecular flexibility index (Phi) is 2.68. The van der Waals surface area contributed by atoms with Crippen LogP contribution in [0.2, 0.25) is 0 Å². The van der Waals surface area contributed by atoms with Crippen molar-refractivity contribution in [3.8, 4) is 5.69 Å². The SMILES string of the molecule is Cc1nc2nc(N)n(-c3ccc([N+](=O)[O-])cc3)c2c(=O)[nH]1. The number of aromatic nitrogens is 4. The Morgan fingerprint density at radius 1 is 1.29 bits per heavy atom. The van der Waals surface area contributed by atoms with Crippen LogP contribution >= 0.6 is 0 Å². The molecule has 0 unspecified atom stereocenters. The van der Waals surface area contributed by atoms with Crippen LogP contribution in [0.3, 0.4) is 0 Å². The molecule has 0 atom stereocenters. The van der Waals surface area contributed by atoms with Gasteiger partial charge in [-0.3, -0.25) is 19.5 Å². The molecule has 0 radical (unpaired) electrons. The van der Waals surface area contributed by atoms with Gasteiger partial charge in [-0.05, 0) is 19.1 Å². The van der Waals surface area contributed by atoms with Gasteiger partial charge in [-0.1, -0.05) is 0 Å². The van der Waals surface area contributed by atoms with E-state index in [1.807, 2.05) is 0 Å². The van der Waals surface area contributed by atoms with E-state index in [1.54, 1.807) is 6.92 Å². The molecule has 0 aliphatic rings. The summed E-state index contributed by atoms with van der Waals surface area (Å²) in [7, 11) is 0. The standard InChI is InChI=1S/C12H10N6O3/c1-6-14-10-9(11(19)15-6)17(12(13)16-10)7-2-4-8(5-3-7)18(20)21/h2-5H,1H3,(H3,13,14,15,16,19). The zero-order valence-electron chi connectivity index (χ0n) is 10.9. The number of rotatable bonds is 2. The van der Waals surface area contributed by atoms with E-state index >= 15 is 0 Å². The van der Waals surface area contributed by atoms with Crippen LogP contribution in [-0.4, -0.2) is 24.4 Å². The van der Waals surface area contributed by atoms with Crippen LogP contribution in [0.4, 0.5) is 11.6 Å². The van der Waals surface area contributed by atoms with Gasteiger partial charge in [0.2, 0.25) is 5.95 Å². The number of hydrogen-bond acceptors (Lipinski definition) is 6. The van der Waals surface area contributed by atoms with E-state index in [2.05, 4.69) is 15.0 Å². The first-order chi connectivity index (χ1) is 9.97. The minimum absolute atomic E-state index is 0.0513. The second-order valence-electron chi connectivity index (χ2n) is 4.40. The van der Waals surface area contributed by atoms with E-state index in [1.165, 1.54) is 28.8 Å². The summed E-state index contributed by atoms with van der Waals surface area (Å²) in [6, 6.07) is 5.65. The number of nitrogens with zero attached hydrogens (tertiary/aromatic N) is 4. The monoisotopic (exact) mass is 286 g/mol. The molecule has 0 spiro atoms. The van der Waals surface area contributed by atoms with Gasteiger partial charge in [0.1, 0.15) is 5.82 Å². The van der Waals surface area contributed by atoms with Gasteiger partial charge in [-0.25, -0.2) is 4.98 Å². The predicted molar refractivity (Wildman–Crippen MR) is 75.3 cm³/mol. The van der Waals surface area contributed by atoms with Crippen molar-refractivity contribution in [2.45, 2.75) is 6.92 Å². The summed E-state index contributed by atoms with van der Waals surface area (Å²) in [5.41, 5.74) is 6.33. The molecule has 9 heteroatoms. The Hall–Kier alpha value is -3.23. The Balaban J connectivity index is 2.27. The second-order valence-corrected chi connectivity index (χ2v) is 4.40. The number of nitro groups is 1. The van der Waals surface area contributed by atoms with E-state index in [4.69, 9.17) is 5.73 Å². The lowest BCUT2D eigenvalue weighted by molar-refractivity contribution is -0.384. The van der Waals surface area contributed by atoms with E-state index in [0.29, 0.717) is 11.5 Å². The molecule has 0 bridgehead atoms. The van der Waals surface area contributed by atoms with Gasteiger partial charge in [0, 0.05) is 17.8 Å². The fourth-order valence-corrected chi connectivity index (χ4v) is 2.10. The number of fused-ring (bicyclic) bond motifs is 1. The van der Waals surface area contributed by atoms with Crippen molar-refractivity contribution in [2.75, 3.05) is 5.73 Å². The highest BCUT2D eigenvalue weighted by molar-refractivity contribution is 5.76. The molecule has 21 heavy (non-hydrogen) atoms. The van der Waals surface area contributed by atoms with Gasteiger partial charge < -0.3 is 10.7 Å². The molecule has 106 valence electrons. The summed E-state index contributed by atoms with van der Waals surface area (Å²) in [4.78, 5) is 33.0. The third-order valence-electron chi connectivity index (χ3n) is 2.99. The van der Waals surface area contributed by atoms with Crippen molar-refractivity contribution in [3.63, 3.8) is 0 Å². The van der Waals surface area contributed by atoms with E-state index in [9.17, 15) is 14.9 Å². The number of benzene rings is 1. The van der Waals surface area contributed by atoms with Crippen LogP contribution < -0.4 is 11.3 Å². The largest absolute Gasteiger partial charge is 0.369 e. The number of H-pyrrole nitrogens is 1. The molecule has 3 N–H and O–H groups in total. The number of hydrogen-bond donors (Lipinski definition) is 2. The topological polar surface area (TPSA) is 133 Å². The third kappa shape index (κ3) is 2.00. The quantitative estimate of drug-likeness (QED) is 0.531. The van der Waals surface area contributed by atoms with Crippen molar-refractivity contribution in [2.24, 2.45) is 0 Å². The van der Waals surface area contributed by atoms with Crippen molar-refractivity contribution < 1.29 is 4.92 Å². The Morgan fingerprint density at radius 3 is 2.57 bits per heavy atom.